The molecule has 0 spiro atoms. The summed E-state index contributed by atoms with van der Waals surface area (Å²) in [5.74, 6) is 1.59. The summed E-state index contributed by atoms with van der Waals surface area (Å²) in [6.07, 6.45) is 5.82. The molecule has 23 heavy (non-hydrogen) atoms. The van der Waals surface area contributed by atoms with Crippen molar-refractivity contribution >= 4 is 0 Å². The molecule has 1 heterocycles. The van der Waals surface area contributed by atoms with E-state index >= 15 is 0 Å². The maximum Gasteiger partial charge on any atom is 0.161 e. The van der Waals surface area contributed by atoms with Crippen LogP contribution in [-0.4, -0.2) is 37.7 Å². The van der Waals surface area contributed by atoms with Crippen LogP contribution in [0.5, 0.6) is 11.5 Å². The minimum Gasteiger partial charge on any atom is -0.493 e. The van der Waals surface area contributed by atoms with E-state index in [-0.39, 0.29) is 0 Å². The third-order valence-electron chi connectivity index (χ3n) is 4.37. The molecule has 2 N–H and O–H groups in total. The number of methoxy groups -OCH3 is 1. The Morgan fingerprint density at radius 2 is 2.13 bits per heavy atom. The van der Waals surface area contributed by atoms with Crippen molar-refractivity contribution < 1.29 is 9.47 Å². The topological polar surface area (TPSA) is 47.7 Å². The summed E-state index contributed by atoms with van der Waals surface area (Å²) in [6.45, 7) is 7.49. The van der Waals surface area contributed by atoms with E-state index in [1.54, 1.807) is 7.11 Å². The first-order valence-electron chi connectivity index (χ1n) is 8.51. The van der Waals surface area contributed by atoms with Crippen LogP contribution >= 0.6 is 0 Å². The van der Waals surface area contributed by atoms with Crippen molar-refractivity contribution in [2.45, 2.75) is 45.7 Å². The van der Waals surface area contributed by atoms with Crippen molar-refractivity contribution in [3.05, 3.63) is 35.4 Å². The molecule has 1 aromatic carbocycles. The monoisotopic (exact) mass is 318 g/mol. The predicted octanol–water partition coefficient (Wildman–Crippen LogP) is 3.35. The van der Waals surface area contributed by atoms with E-state index in [4.69, 9.17) is 15.2 Å². The zero-order valence-corrected chi connectivity index (χ0v) is 14.7. The largest absolute Gasteiger partial charge is 0.493 e. The van der Waals surface area contributed by atoms with Gasteiger partial charge in [-0.25, -0.2) is 0 Å². The molecule has 1 aromatic rings. The molecular weight excluding hydrogens is 288 g/mol. The first-order chi connectivity index (χ1) is 11.1. The second-order valence-electron chi connectivity index (χ2n) is 6.43. The molecule has 4 nitrogen and oxygen atoms in total. The van der Waals surface area contributed by atoms with E-state index in [1.165, 1.54) is 30.4 Å². The molecule has 1 aliphatic rings. The highest BCUT2D eigenvalue weighted by Crippen LogP contribution is 2.29. The molecule has 0 amide bonds. The standard InChI is InChI=1S/C19H30N2O2/c1-15(2)9-11-23-18-8-7-16(12-19(18)22-3)14-21-10-5-4-6-17(21)13-20/h7-9,12,17H,4-6,10-11,13-14,20H2,1-3H3/t17-/m0/s1. The maximum absolute atomic E-state index is 5.91. The van der Waals surface area contributed by atoms with Gasteiger partial charge in [-0.3, -0.25) is 4.90 Å². The number of likely N-dealkylation sites (tertiary alicyclic amines) is 1. The Morgan fingerprint density at radius 1 is 1.30 bits per heavy atom. The molecule has 0 aromatic heterocycles. The summed E-state index contributed by atoms with van der Waals surface area (Å²) in [6, 6.07) is 6.72. The Labute approximate surface area is 140 Å². The molecule has 1 fully saturated rings. The molecule has 1 atom stereocenters. The van der Waals surface area contributed by atoms with Crippen molar-refractivity contribution in [2.24, 2.45) is 5.73 Å². The van der Waals surface area contributed by atoms with Crippen LogP contribution in [0.4, 0.5) is 0 Å². The van der Waals surface area contributed by atoms with Gasteiger partial charge in [0, 0.05) is 19.1 Å². The van der Waals surface area contributed by atoms with Crippen LogP contribution < -0.4 is 15.2 Å². The molecule has 0 unspecified atom stereocenters. The van der Waals surface area contributed by atoms with E-state index in [1.807, 2.05) is 6.07 Å². The molecule has 1 saturated heterocycles. The molecule has 0 saturated carbocycles. The molecule has 4 heteroatoms. The summed E-state index contributed by atoms with van der Waals surface area (Å²) in [5.41, 5.74) is 8.41. The van der Waals surface area contributed by atoms with Crippen LogP contribution in [-0.2, 0) is 6.54 Å². The van der Waals surface area contributed by atoms with Crippen LogP contribution in [0, 0.1) is 0 Å². The van der Waals surface area contributed by atoms with Gasteiger partial charge in [0.1, 0.15) is 6.61 Å². The van der Waals surface area contributed by atoms with Gasteiger partial charge in [-0.15, -0.1) is 0 Å². The SMILES string of the molecule is COc1cc(CN2CCCC[C@H]2CN)ccc1OCC=C(C)C. The number of piperidine rings is 1. The zero-order valence-electron chi connectivity index (χ0n) is 14.7. The minimum absolute atomic E-state index is 0.503. The van der Waals surface area contributed by atoms with Crippen molar-refractivity contribution in [2.75, 3.05) is 26.8 Å². The number of ether oxygens (including phenoxy) is 2. The summed E-state index contributed by atoms with van der Waals surface area (Å²) in [7, 11) is 1.69. The Morgan fingerprint density at radius 3 is 2.83 bits per heavy atom. The van der Waals surface area contributed by atoms with E-state index in [9.17, 15) is 0 Å². The van der Waals surface area contributed by atoms with E-state index in [0.717, 1.165) is 31.1 Å². The zero-order chi connectivity index (χ0) is 16.7. The van der Waals surface area contributed by atoms with Crippen LogP contribution in [0.1, 0.15) is 38.7 Å². The van der Waals surface area contributed by atoms with Gasteiger partial charge in [0.15, 0.2) is 11.5 Å². The third kappa shape index (κ3) is 5.26. The van der Waals surface area contributed by atoms with E-state index in [0.29, 0.717) is 12.6 Å². The minimum atomic E-state index is 0.503. The van der Waals surface area contributed by atoms with E-state index in [2.05, 4.69) is 37.0 Å². The van der Waals surface area contributed by atoms with Crippen molar-refractivity contribution in [3.8, 4) is 11.5 Å². The van der Waals surface area contributed by atoms with Crippen LogP contribution in [0.2, 0.25) is 0 Å². The first kappa shape index (κ1) is 17.8. The average molecular weight is 318 g/mol. The van der Waals surface area contributed by atoms with Gasteiger partial charge in [0.2, 0.25) is 0 Å². The Bertz CT molecular complexity index is 524. The second-order valence-corrected chi connectivity index (χ2v) is 6.43. The van der Waals surface area contributed by atoms with Gasteiger partial charge in [0.25, 0.3) is 0 Å². The summed E-state index contributed by atoms with van der Waals surface area (Å²) in [4.78, 5) is 2.49. The second kappa shape index (κ2) is 8.94. The van der Waals surface area contributed by atoms with Gasteiger partial charge in [-0.05, 0) is 57.0 Å². The summed E-state index contributed by atoms with van der Waals surface area (Å²) in [5, 5.41) is 0. The Kier molecular flexibility index (Phi) is 6.93. The van der Waals surface area contributed by atoms with Gasteiger partial charge >= 0.3 is 0 Å². The Hall–Kier alpha value is -1.52. The molecule has 1 aliphatic heterocycles. The molecular formula is C19H30N2O2. The number of nitrogens with zero attached hydrogens (tertiary/aromatic N) is 1. The summed E-state index contributed by atoms with van der Waals surface area (Å²) >= 11 is 0. The number of allylic oxidation sites excluding steroid dienone is 1. The molecule has 128 valence electrons. The van der Waals surface area contributed by atoms with E-state index < -0.39 is 0 Å². The summed E-state index contributed by atoms with van der Waals surface area (Å²) < 4.78 is 11.3. The van der Waals surface area contributed by atoms with Crippen molar-refractivity contribution in [1.29, 1.82) is 0 Å². The fourth-order valence-corrected chi connectivity index (χ4v) is 3.00. The van der Waals surface area contributed by atoms with Gasteiger partial charge in [-0.1, -0.05) is 18.1 Å². The normalized spacial score (nSPS) is 18.5. The average Bonchev–Trinajstić information content (AvgIpc) is 2.56. The number of nitrogens with two attached hydrogens (primary N) is 1. The highest BCUT2D eigenvalue weighted by atomic mass is 16.5. The molecule has 2 rings (SSSR count). The number of hydrogen-bond donors (Lipinski definition) is 1. The van der Waals surface area contributed by atoms with Crippen LogP contribution in [0.15, 0.2) is 29.8 Å². The van der Waals surface area contributed by atoms with Gasteiger partial charge in [-0.2, -0.15) is 0 Å². The smallest absolute Gasteiger partial charge is 0.161 e. The fraction of sp³-hybridized carbons (Fsp3) is 0.579. The lowest BCUT2D eigenvalue weighted by molar-refractivity contribution is 0.144. The predicted molar refractivity (Wildman–Crippen MR) is 95.0 cm³/mol. The van der Waals surface area contributed by atoms with Gasteiger partial charge < -0.3 is 15.2 Å². The van der Waals surface area contributed by atoms with Gasteiger partial charge in [0.05, 0.1) is 7.11 Å². The molecule has 0 radical (unpaired) electrons. The highest BCUT2D eigenvalue weighted by Gasteiger charge is 2.21. The lowest BCUT2D eigenvalue weighted by Gasteiger charge is -2.35. The Balaban J connectivity index is 2.04. The van der Waals surface area contributed by atoms with Crippen molar-refractivity contribution in [1.82, 2.24) is 4.90 Å². The fourth-order valence-electron chi connectivity index (χ4n) is 3.00. The van der Waals surface area contributed by atoms with Crippen LogP contribution in [0.25, 0.3) is 0 Å². The van der Waals surface area contributed by atoms with Crippen molar-refractivity contribution in [3.63, 3.8) is 0 Å². The first-order valence-corrected chi connectivity index (χ1v) is 8.51. The molecule has 0 bridgehead atoms. The number of benzene rings is 1. The number of rotatable bonds is 7. The highest BCUT2D eigenvalue weighted by molar-refractivity contribution is 5.43. The third-order valence-corrected chi connectivity index (χ3v) is 4.37. The number of hydrogen-bond acceptors (Lipinski definition) is 4. The quantitative estimate of drug-likeness (QED) is 0.783. The lowest BCUT2D eigenvalue weighted by Crippen LogP contribution is -2.43. The lowest BCUT2D eigenvalue weighted by atomic mass is 10.0. The molecule has 0 aliphatic carbocycles. The maximum atomic E-state index is 5.91. The van der Waals surface area contributed by atoms with Crippen LogP contribution in [0.3, 0.4) is 0 Å².